The summed E-state index contributed by atoms with van der Waals surface area (Å²) in [7, 11) is 1.23. The highest BCUT2D eigenvalue weighted by Gasteiger charge is 2.12. The molecule has 0 radical (unpaired) electrons. The van der Waals surface area contributed by atoms with Crippen molar-refractivity contribution in [1.29, 1.82) is 0 Å². The summed E-state index contributed by atoms with van der Waals surface area (Å²) in [5, 5.41) is 4.31. The monoisotopic (exact) mass is 336 g/mol. The van der Waals surface area contributed by atoms with Crippen molar-refractivity contribution in [3.05, 3.63) is 28.2 Å². The van der Waals surface area contributed by atoms with E-state index in [9.17, 15) is 18.4 Å². The first-order chi connectivity index (χ1) is 8.93. The summed E-state index contributed by atoms with van der Waals surface area (Å²) < 4.78 is 28.8. The SMILES string of the molecule is COC(=O)c1cc(NC(=O)NCC(F)F)ccc1Br. The third-order valence-corrected chi connectivity index (χ3v) is 2.74. The summed E-state index contributed by atoms with van der Waals surface area (Å²) in [6.07, 6.45) is -2.62. The van der Waals surface area contributed by atoms with Gasteiger partial charge < -0.3 is 15.4 Å². The van der Waals surface area contributed by atoms with Crippen LogP contribution in [-0.2, 0) is 4.74 Å². The van der Waals surface area contributed by atoms with Gasteiger partial charge in [0, 0.05) is 10.2 Å². The molecule has 0 unspecified atom stereocenters. The molecule has 1 aromatic rings. The Kier molecular flexibility index (Phi) is 5.68. The lowest BCUT2D eigenvalue weighted by Crippen LogP contribution is -2.32. The molecule has 19 heavy (non-hydrogen) atoms. The van der Waals surface area contributed by atoms with Gasteiger partial charge in [-0.2, -0.15) is 0 Å². The lowest BCUT2D eigenvalue weighted by molar-refractivity contribution is 0.0599. The Labute approximate surface area is 116 Å². The van der Waals surface area contributed by atoms with Gasteiger partial charge in [0.05, 0.1) is 19.2 Å². The van der Waals surface area contributed by atoms with Crippen molar-refractivity contribution in [2.24, 2.45) is 0 Å². The first kappa shape index (κ1) is 15.4. The molecule has 2 N–H and O–H groups in total. The molecule has 2 amide bonds. The zero-order valence-corrected chi connectivity index (χ0v) is 11.5. The van der Waals surface area contributed by atoms with Gasteiger partial charge in [-0.05, 0) is 34.1 Å². The molecule has 0 atom stereocenters. The van der Waals surface area contributed by atoms with Crippen molar-refractivity contribution in [1.82, 2.24) is 5.32 Å². The number of carbonyl (C=O) groups is 2. The second-order valence-electron chi connectivity index (χ2n) is 3.41. The molecule has 1 rings (SSSR count). The molecule has 104 valence electrons. The standard InChI is InChI=1S/C11H11BrF2N2O3/c1-19-10(17)7-4-6(2-3-8(7)12)16-11(18)15-5-9(13)14/h2-4,9H,5H2,1H3,(H2,15,16,18). The molecule has 0 heterocycles. The predicted molar refractivity (Wildman–Crippen MR) is 68.5 cm³/mol. The maximum absolute atomic E-state index is 11.9. The lowest BCUT2D eigenvalue weighted by Gasteiger charge is -2.09. The van der Waals surface area contributed by atoms with Crippen LogP contribution in [0.25, 0.3) is 0 Å². The molecule has 0 aliphatic heterocycles. The van der Waals surface area contributed by atoms with E-state index in [-0.39, 0.29) is 11.3 Å². The van der Waals surface area contributed by atoms with Gasteiger partial charge in [-0.15, -0.1) is 0 Å². The van der Waals surface area contributed by atoms with E-state index in [1.54, 1.807) is 0 Å². The first-order valence-electron chi connectivity index (χ1n) is 5.15. The number of hydrogen-bond acceptors (Lipinski definition) is 3. The van der Waals surface area contributed by atoms with Crippen molar-refractivity contribution in [3.63, 3.8) is 0 Å². The third-order valence-electron chi connectivity index (χ3n) is 2.05. The molecule has 8 heteroatoms. The summed E-state index contributed by atoms with van der Waals surface area (Å²) in [4.78, 5) is 22.7. The van der Waals surface area contributed by atoms with Crippen molar-refractivity contribution < 1.29 is 23.1 Å². The molecule has 0 saturated carbocycles. The summed E-state index contributed by atoms with van der Waals surface area (Å²) in [6, 6.07) is 3.64. The van der Waals surface area contributed by atoms with E-state index in [0.717, 1.165) is 0 Å². The second kappa shape index (κ2) is 7.03. The molecule has 0 fully saturated rings. The van der Waals surface area contributed by atoms with E-state index < -0.39 is 25.0 Å². The normalized spacial score (nSPS) is 10.2. The van der Waals surface area contributed by atoms with Crippen molar-refractivity contribution >= 4 is 33.6 Å². The van der Waals surface area contributed by atoms with Crippen LogP contribution in [0, 0.1) is 0 Å². The number of halogens is 3. The Morgan fingerprint density at radius 3 is 2.68 bits per heavy atom. The van der Waals surface area contributed by atoms with Gasteiger partial charge in [-0.3, -0.25) is 0 Å². The zero-order chi connectivity index (χ0) is 14.4. The Morgan fingerprint density at radius 2 is 2.11 bits per heavy atom. The number of hydrogen-bond donors (Lipinski definition) is 2. The molecule has 1 aromatic carbocycles. The largest absolute Gasteiger partial charge is 0.465 e. The highest BCUT2D eigenvalue weighted by molar-refractivity contribution is 9.10. The van der Waals surface area contributed by atoms with Crippen molar-refractivity contribution in [2.75, 3.05) is 19.0 Å². The fraction of sp³-hybridized carbons (Fsp3) is 0.273. The molecule has 0 saturated heterocycles. The van der Waals surface area contributed by atoms with Crippen LogP contribution in [0.4, 0.5) is 19.3 Å². The number of ether oxygens (including phenoxy) is 1. The van der Waals surface area contributed by atoms with Gasteiger partial charge >= 0.3 is 12.0 Å². The predicted octanol–water partition coefficient (Wildman–Crippen LogP) is 2.62. The molecule has 0 bridgehead atoms. The van der Waals surface area contributed by atoms with Gasteiger partial charge in [0.25, 0.3) is 6.43 Å². The molecule has 0 aromatic heterocycles. The summed E-state index contributed by atoms with van der Waals surface area (Å²) in [6.45, 7) is -0.744. The minimum atomic E-state index is -2.62. The maximum atomic E-state index is 11.9. The van der Waals surface area contributed by atoms with Crippen LogP contribution in [-0.4, -0.2) is 32.1 Å². The van der Waals surface area contributed by atoms with Crippen LogP contribution in [0.3, 0.4) is 0 Å². The van der Waals surface area contributed by atoms with E-state index >= 15 is 0 Å². The minimum Gasteiger partial charge on any atom is -0.465 e. The Morgan fingerprint density at radius 1 is 1.42 bits per heavy atom. The van der Waals surface area contributed by atoms with Crippen LogP contribution in [0.15, 0.2) is 22.7 Å². The molecule has 0 aliphatic rings. The van der Waals surface area contributed by atoms with Gasteiger partial charge in [0.15, 0.2) is 0 Å². The lowest BCUT2D eigenvalue weighted by atomic mass is 10.2. The number of amides is 2. The topological polar surface area (TPSA) is 67.4 Å². The fourth-order valence-electron chi connectivity index (χ4n) is 1.21. The number of urea groups is 1. The number of rotatable bonds is 4. The number of methoxy groups -OCH3 is 1. The van der Waals surface area contributed by atoms with Crippen LogP contribution in [0.5, 0.6) is 0 Å². The van der Waals surface area contributed by atoms with E-state index in [1.165, 1.54) is 25.3 Å². The van der Waals surface area contributed by atoms with Crippen LogP contribution in [0.2, 0.25) is 0 Å². The van der Waals surface area contributed by atoms with Crippen LogP contribution in [0.1, 0.15) is 10.4 Å². The quantitative estimate of drug-likeness (QED) is 0.830. The number of benzene rings is 1. The average molecular weight is 337 g/mol. The summed E-state index contributed by atoms with van der Waals surface area (Å²) >= 11 is 3.16. The molecular weight excluding hydrogens is 326 g/mol. The molecule has 0 aliphatic carbocycles. The van der Waals surface area contributed by atoms with E-state index in [2.05, 4.69) is 26.0 Å². The van der Waals surface area contributed by atoms with Crippen molar-refractivity contribution in [3.8, 4) is 0 Å². The molecular formula is C11H11BrF2N2O3. The maximum Gasteiger partial charge on any atom is 0.339 e. The number of alkyl halides is 2. The van der Waals surface area contributed by atoms with Crippen molar-refractivity contribution in [2.45, 2.75) is 6.43 Å². The molecule has 0 spiro atoms. The van der Waals surface area contributed by atoms with Gasteiger partial charge in [-0.1, -0.05) is 0 Å². The highest BCUT2D eigenvalue weighted by Crippen LogP contribution is 2.21. The minimum absolute atomic E-state index is 0.217. The zero-order valence-electron chi connectivity index (χ0n) is 9.88. The Bertz CT molecular complexity index is 483. The van der Waals surface area contributed by atoms with Gasteiger partial charge in [0.1, 0.15) is 0 Å². The molecule has 5 nitrogen and oxygen atoms in total. The first-order valence-corrected chi connectivity index (χ1v) is 5.94. The number of esters is 1. The average Bonchev–Trinajstić information content (AvgIpc) is 2.37. The van der Waals surface area contributed by atoms with Gasteiger partial charge in [-0.25, -0.2) is 18.4 Å². The third kappa shape index (κ3) is 4.82. The van der Waals surface area contributed by atoms with Crippen LogP contribution < -0.4 is 10.6 Å². The number of nitrogens with one attached hydrogen (secondary N) is 2. The fourth-order valence-corrected chi connectivity index (χ4v) is 1.62. The van der Waals surface area contributed by atoms with E-state index in [1.807, 2.05) is 5.32 Å². The Balaban J connectivity index is 2.74. The summed E-state index contributed by atoms with van der Waals surface area (Å²) in [5.41, 5.74) is 0.504. The number of carbonyl (C=O) groups excluding carboxylic acids is 2. The second-order valence-corrected chi connectivity index (χ2v) is 4.27. The van der Waals surface area contributed by atoms with Crippen LogP contribution >= 0.6 is 15.9 Å². The van der Waals surface area contributed by atoms with Gasteiger partial charge in [0.2, 0.25) is 0 Å². The Hall–Kier alpha value is -1.70. The summed E-state index contributed by atoms with van der Waals surface area (Å²) in [5.74, 6) is -0.580. The smallest absolute Gasteiger partial charge is 0.339 e. The highest BCUT2D eigenvalue weighted by atomic mass is 79.9. The van der Waals surface area contributed by atoms with E-state index in [0.29, 0.717) is 4.47 Å². The number of anilines is 1. The van der Waals surface area contributed by atoms with E-state index in [4.69, 9.17) is 0 Å².